The van der Waals surface area contributed by atoms with Gasteiger partial charge in [0, 0.05) is 25.4 Å². The Morgan fingerprint density at radius 1 is 0.882 bits per heavy atom. The van der Waals surface area contributed by atoms with Crippen LogP contribution in [0, 0.1) is 5.92 Å². The summed E-state index contributed by atoms with van der Waals surface area (Å²) in [6.45, 7) is 3.28. The summed E-state index contributed by atoms with van der Waals surface area (Å²) in [7, 11) is 0. The van der Waals surface area contributed by atoms with Crippen molar-refractivity contribution in [1.29, 1.82) is 0 Å². The molecule has 1 N–H and O–H groups in total. The van der Waals surface area contributed by atoms with Crippen molar-refractivity contribution in [2.75, 3.05) is 13.1 Å². The van der Waals surface area contributed by atoms with Crippen molar-refractivity contribution in [3.63, 3.8) is 0 Å². The zero-order chi connectivity index (χ0) is 23.8. The van der Waals surface area contributed by atoms with Crippen LogP contribution in [0.4, 0.5) is 0 Å². The van der Waals surface area contributed by atoms with E-state index in [4.69, 9.17) is 4.74 Å². The standard InChI is InChI=1S/C29H32N2O3/c1-22(24-13-15-27(16-14-24)34-26-10-6-3-7-11-26)30-29(33)25-18-20-31(21-19-25)28(32)17-12-23-8-4-2-5-9-23/h2-11,13-16,22,25H,12,17-21H2,1H3,(H,30,33). The molecule has 0 saturated carbocycles. The second-order valence-corrected chi connectivity index (χ2v) is 8.86. The zero-order valence-electron chi connectivity index (χ0n) is 19.7. The van der Waals surface area contributed by atoms with Crippen molar-refractivity contribution in [3.05, 3.63) is 96.1 Å². The molecule has 1 aliphatic heterocycles. The summed E-state index contributed by atoms with van der Waals surface area (Å²) in [5.74, 6) is 1.74. The number of nitrogens with one attached hydrogen (secondary N) is 1. The van der Waals surface area contributed by atoms with E-state index in [1.54, 1.807) is 0 Å². The van der Waals surface area contributed by atoms with Crippen LogP contribution in [0.2, 0.25) is 0 Å². The van der Waals surface area contributed by atoms with Crippen molar-refractivity contribution in [3.8, 4) is 11.5 Å². The maximum atomic E-state index is 12.8. The van der Waals surface area contributed by atoms with Crippen LogP contribution in [0.15, 0.2) is 84.9 Å². The Bertz CT molecular complexity index is 1060. The number of rotatable bonds is 8. The minimum atomic E-state index is -0.0937. The van der Waals surface area contributed by atoms with Crippen LogP contribution in [-0.4, -0.2) is 29.8 Å². The maximum absolute atomic E-state index is 12.8. The minimum absolute atomic E-state index is 0.0543. The van der Waals surface area contributed by atoms with E-state index in [1.807, 2.05) is 84.6 Å². The average Bonchev–Trinajstić information content (AvgIpc) is 2.89. The fraction of sp³-hybridized carbons (Fsp3) is 0.310. The number of amides is 2. The first-order valence-electron chi connectivity index (χ1n) is 12.0. The summed E-state index contributed by atoms with van der Waals surface area (Å²) in [5.41, 5.74) is 2.21. The number of nitrogens with zero attached hydrogens (tertiary/aromatic N) is 1. The van der Waals surface area contributed by atoms with E-state index >= 15 is 0 Å². The molecule has 2 amide bonds. The number of piperidine rings is 1. The van der Waals surface area contributed by atoms with E-state index in [2.05, 4.69) is 17.4 Å². The van der Waals surface area contributed by atoms with Gasteiger partial charge < -0.3 is 15.0 Å². The van der Waals surface area contributed by atoms with Gasteiger partial charge in [0.2, 0.25) is 11.8 Å². The molecule has 4 rings (SSSR count). The molecule has 1 atom stereocenters. The van der Waals surface area contributed by atoms with Crippen molar-refractivity contribution >= 4 is 11.8 Å². The molecule has 0 spiro atoms. The lowest BCUT2D eigenvalue weighted by molar-refractivity contribution is -0.135. The number of ether oxygens (including phenoxy) is 1. The molecule has 0 bridgehead atoms. The minimum Gasteiger partial charge on any atom is -0.457 e. The van der Waals surface area contributed by atoms with Gasteiger partial charge in [-0.2, -0.15) is 0 Å². The molecule has 1 heterocycles. The Morgan fingerprint density at radius 3 is 2.12 bits per heavy atom. The van der Waals surface area contributed by atoms with Crippen LogP contribution in [-0.2, 0) is 16.0 Å². The number of carbonyl (C=O) groups is 2. The average molecular weight is 457 g/mol. The molecule has 0 aliphatic carbocycles. The lowest BCUT2D eigenvalue weighted by Crippen LogP contribution is -2.43. The van der Waals surface area contributed by atoms with Crippen LogP contribution in [0.1, 0.15) is 43.4 Å². The maximum Gasteiger partial charge on any atom is 0.223 e. The highest BCUT2D eigenvalue weighted by Gasteiger charge is 2.28. The number of hydrogen-bond acceptors (Lipinski definition) is 3. The summed E-state index contributed by atoms with van der Waals surface area (Å²) < 4.78 is 5.84. The van der Waals surface area contributed by atoms with Crippen LogP contribution in [0.5, 0.6) is 11.5 Å². The SMILES string of the molecule is CC(NC(=O)C1CCN(C(=O)CCc2ccccc2)CC1)c1ccc(Oc2ccccc2)cc1. The third-order valence-corrected chi connectivity index (χ3v) is 6.41. The summed E-state index contributed by atoms with van der Waals surface area (Å²) in [6.07, 6.45) is 2.69. The molecular formula is C29H32N2O3. The van der Waals surface area contributed by atoms with Crippen molar-refractivity contribution in [1.82, 2.24) is 10.2 Å². The van der Waals surface area contributed by atoms with Gasteiger partial charge in [0.25, 0.3) is 0 Å². The molecule has 1 unspecified atom stereocenters. The highest BCUT2D eigenvalue weighted by Crippen LogP contribution is 2.24. The monoisotopic (exact) mass is 456 g/mol. The molecule has 34 heavy (non-hydrogen) atoms. The number of benzene rings is 3. The van der Waals surface area contributed by atoms with E-state index in [9.17, 15) is 9.59 Å². The quantitative estimate of drug-likeness (QED) is 0.485. The predicted octanol–water partition coefficient (Wildman–Crippen LogP) is 5.53. The van der Waals surface area contributed by atoms with Crippen molar-refractivity contribution in [2.45, 2.75) is 38.6 Å². The van der Waals surface area contributed by atoms with Crippen LogP contribution in [0.3, 0.4) is 0 Å². The second kappa shape index (κ2) is 11.5. The highest BCUT2D eigenvalue weighted by atomic mass is 16.5. The van der Waals surface area contributed by atoms with Gasteiger partial charge in [-0.25, -0.2) is 0 Å². The van der Waals surface area contributed by atoms with Crippen LogP contribution >= 0.6 is 0 Å². The summed E-state index contributed by atoms with van der Waals surface area (Å²) >= 11 is 0. The lowest BCUT2D eigenvalue weighted by atomic mass is 9.94. The number of carbonyl (C=O) groups excluding carboxylic acids is 2. The molecule has 1 saturated heterocycles. The fourth-order valence-corrected chi connectivity index (χ4v) is 4.31. The predicted molar refractivity (Wildman–Crippen MR) is 134 cm³/mol. The first kappa shape index (κ1) is 23.6. The third kappa shape index (κ3) is 6.47. The summed E-state index contributed by atoms with van der Waals surface area (Å²) in [5, 5.41) is 3.14. The van der Waals surface area contributed by atoms with Gasteiger partial charge in [-0.3, -0.25) is 9.59 Å². The Balaban J connectivity index is 1.21. The van der Waals surface area contributed by atoms with E-state index < -0.39 is 0 Å². The molecule has 0 aromatic heterocycles. The molecule has 5 nitrogen and oxygen atoms in total. The van der Waals surface area contributed by atoms with E-state index in [0.717, 1.165) is 23.5 Å². The number of hydrogen-bond donors (Lipinski definition) is 1. The van der Waals surface area contributed by atoms with E-state index in [-0.39, 0.29) is 23.8 Å². The Hall–Kier alpha value is -3.60. The Labute approximate surface area is 201 Å². The van der Waals surface area contributed by atoms with Gasteiger partial charge in [0.05, 0.1) is 6.04 Å². The number of aryl methyl sites for hydroxylation is 1. The van der Waals surface area contributed by atoms with Crippen LogP contribution in [0.25, 0.3) is 0 Å². The van der Waals surface area contributed by atoms with Gasteiger partial charge in [0.15, 0.2) is 0 Å². The Kier molecular flexibility index (Phi) is 7.97. The van der Waals surface area contributed by atoms with Gasteiger partial charge in [-0.15, -0.1) is 0 Å². The summed E-state index contributed by atoms with van der Waals surface area (Å²) in [6, 6.07) is 27.5. The molecule has 0 radical (unpaired) electrons. The van der Waals surface area contributed by atoms with Crippen molar-refractivity contribution in [2.24, 2.45) is 5.92 Å². The molecule has 3 aromatic rings. The molecule has 176 valence electrons. The third-order valence-electron chi connectivity index (χ3n) is 6.41. The smallest absolute Gasteiger partial charge is 0.223 e. The fourth-order valence-electron chi connectivity index (χ4n) is 4.31. The highest BCUT2D eigenvalue weighted by molar-refractivity contribution is 5.80. The lowest BCUT2D eigenvalue weighted by Gasteiger charge is -2.32. The first-order valence-corrected chi connectivity index (χ1v) is 12.0. The van der Waals surface area contributed by atoms with Gasteiger partial charge in [-0.1, -0.05) is 60.7 Å². The van der Waals surface area contributed by atoms with E-state index in [1.165, 1.54) is 5.56 Å². The summed E-state index contributed by atoms with van der Waals surface area (Å²) in [4.78, 5) is 27.3. The zero-order valence-corrected chi connectivity index (χ0v) is 19.7. The normalized spacial score (nSPS) is 14.9. The van der Waals surface area contributed by atoms with Gasteiger partial charge in [0.1, 0.15) is 11.5 Å². The largest absolute Gasteiger partial charge is 0.457 e. The molecule has 5 heteroatoms. The number of likely N-dealkylation sites (tertiary alicyclic amines) is 1. The second-order valence-electron chi connectivity index (χ2n) is 8.86. The topological polar surface area (TPSA) is 58.6 Å². The Morgan fingerprint density at radius 2 is 1.47 bits per heavy atom. The molecule has 3 aromatic carbocycles. The first-order chi connectivity index (χ1) is 16.6. The van der Waals surface area contributed by atoms with Crippen molar-refractivity contribution < 1.29 is 14.3 Å². The van der Waals surface area contributed by atoms with E-state index in [0.29, 0.717) is 32.4 Å². The van der Waals surface area contributed by atoms with Gasteiger partial charge in [-0.05, 0) is 61.6 Å². The molecular weight excluding hydrogens is 424 g/mol. The molecule has 1 aliphatic rings. The van der Waals surface area contributed by atoms with Crippen LogP contribution < -0.4 is 10.1 Å². The molecule has 1 fully saturated rings. The number of para-hydroxylation sites is 1. The van der Waals surface area contributed by atoms with Gasteiger partial charge >= 0.3 is 0 Å².